The third-order valence-corrected chi connectivity index (χ3v) is 6.29. The molecule has 1 fully saturated rings. The quantitative estimate of drug-likeness (QED) is 0.661. The number of aromatic nitrogens is 1. The predicted molar refractivity (Wildman–Crippen MR) is 128 cm³/mol. The number of hydrogen-bond acceptors (Lipinski definition) is 4. The second kappa shape index (κ2) is 8.94. The normalized spacial score (nSPS) is 14.0. The molecule has 0 bridgehead atoms. The van der Waals surface area contributed by atoms with E-state index in [1.54, 1.807) is 14.0 Å². The first kappa shape index (κ1) is 21.7. The van der Waals surface area contributed by atoms with Crippen molar-refractivity contribution < 1.29 is 14.3 Å². The topological polar surface area (TPSA) is 66.8 Å². The van der Waals surface area contributed by atoms with Crippen LogP contribution in [0.5, 0.6) is 5.75 Å². The maximum absolute atomic E-state index is 13.3. The number of nitrogens with zero attached hydrogens (tertiary/aromatic N) is 3. The summed E-state index contributed by atoms with van der Waals surface area (Å²) in [5, 5.41) is 3.94. The summed E-state index contributed by atoms with van der Waals surface area (Å²) < 4.78 is 7.53. The number of anilines is 2. The smallest absolute Gasteiger partial charge is 0.258 e. The Morgan fingerprint density at radius 1 is 1.03 bits per heavy atom. The molecule has 0 atom stereocenters. The largest absolute Gasteiger partial charge is 0.497 e. The molecule has 1 aromatic heterocycles. The van der Waals surface area contributed by atoms with Gasteiger partial charge in [0.15, 0.2) is 0 Å². The van der Waals surface area contributed by atoms with Crippen LogP contribution in [0.25, 0.3) is 10.9 Å². The van der Waals surface area contributed by atoms with Gasteiger partial charge in [-0.2, -0.15) is 0 Å². The number of fused-ring (bicyclic) bond motifs is 1. The van der Waals surface area contributed by atoms with Crippen molar-refractivity contribution in [3.05, 3.63) is 53.7 Å². The van der Waals surface area contributed by atoms with Crippen molar-refractivity contribution in [1.82, 2.24) is 9.47 Å². The van der Waals surface area contributed by atoms with Crippen LogP contribution in [0.1, 0.15) is 29.9 Å². The fourth-order valence-electron chi connectivity index (χ4n) is 4.51. The average Bonchev–Trinajstić information content (AvgIpc) is 3.09. The Kier molecular flexibility index (Phi) is 6.08. The minimum Gasteiger partial charge on any atom is -0.497 e. The molecule has 0 saturated carbocycles. The van der Waals surface area contributed by atoms with Crippen LogP contribution in [-0.4, -0.2) is 54.6 Å². The van der Waals surface area contributed by atoms with Crippen LogP contribution in [0, 0.1) is 6.92 Å². The summed E-state index contributed by atoms with van der Waals surface area (Å²) in [6.45, 7) is 9.54. The zero-order valence-corrected chi connectivity index (χ0v) is 19.1. The maximum Gasteiger partial charge on any atom is 0.258 e. The Morgan fingerprint density at radius 2 is 1.72 bits per heavy atom. The Balaban J connectivity index is 1.53. The number of ether oxygens (including phenoxy) is 1. The summed E-state index contributed by atoms with van der Waals surface area (Å²) in [5.74, 6) is 0.727. The van der Waals surface area contributed by atoms with Gasteiger partial charge in [0.1, 0.15) is 5.75 Å². The molecular weight excluding hydrogens is 404 g/mol. The van der Waals surface area contributed by atoms with E-state index in [0.29, 0.717) is 5.56 Å². The lowest BCUT2D eigenvalue weighted by Gasteiger charge is -2.35. The fraction of sp³-hybridized carbons (Fsp3) is 0.360. The van der Waals surface area contributed by atoms with Crippen LogP contribution >= 0.6 is 0 Å². The molecule has 1 aliphatic rings. The van der Waals surface area contributed by atoms with E-state index in [1.807, 2.05) is 54.3 Å². The van der Waals surface area contributed by atoms with Crippen molar-refractivity contribution in [3.63, 3.8) is 0 Å². The maximum atomic E-state index is 13.3. The Hall–Kier alpha value is -3.48. The van der Waals surface area contributed by atoms with Gasteiger partial charge in [-0.05, 0) is 56.3 Å². The highest BCUT2D eigenvalue weighted by Gasteiger charge is 2.21. The van der Waals surface area contributed by atoms with E-state index >= 15 is 0 Å². The number of rotatable bonds is 5. The van der Waals surface area contributed by atoms with Crippen molar-refractivity contribution >= 4 is 34.1 Å². The number of carbonyl (C=O) groups is 2. The number of carbonyl (C=O) groups excluding carboxylic acids is 2. The molecule has 32 heavy (non-hydrogen) atoms. The lowest BCUT2D eigenvalue weighted by Crippen LogP contribution is -2.48. The van der Waals surface area contributed by atoms with Crippen molar-refractivity contribution in [2.45, 2.75) is 27.3 Å². The zero-order valence-electron chi connectivity index (χ0n) is 19.1. The Bertz CT molecular complexity index is 1140. The van der Waals surface area contributed by atoms with Crippen molar-refractivity contribution in [2.75, 3.05) is 43.5 Å². The minimum atomic E-state index is -0.129. The third-order valence-electron chi connectivity index (χ3n) is 6.29. The van der Waals surface area contributed by atoms with Gasteiger partial charge in [0.2, 0.25) is 5.91 Å². The average molecular weight is 435 g/mol. The van der Waals surface area contributed by atoms with Gasteiger partial charge in [-0.1, -0.05) is 0 Å². The number of nitrogens with one attached hydrogen (secondary N) is 1. The number of amides is 2. The van der Waals surface area contributed by atoms with Gasteiger partial charge < -0.3 is 24.4 Å². The molecule has 168 valence electrons. The fourth-order valence-corrected chi connectivity index (χ4v) is 4.51. The molecule has 1 saturated heterocycles. The highest BCUT2D eigenvalue weighted by Crippen LogP contribution is 2.30. The van der Waals surface area contributed by atoms with Crippen molar-refractivity contribution in [1.29, 1.82) is 0 Å². The van der Waals surface area contributed by atoms with Crippen LogP contribution in [0.4, 0.5) is 11.4 Å². The molecule has 3 aromatic rings. The Labute approximate surface area is 188 Å². The highest BCUT2D eigenvalue weighted by atomic mass is 16.5. The summed E-state index contributed by atoms with van der Waals surface area (Å²) in [7, 11) is 1.63. The Morgan fingerprint density at radius 3 is 2.31 bits per heavy atom. The van der Waals surface area contributed by atoms with E-state index in [9.17, 15) is 9.59 Å². The third kappa shape index (κ3) is 4.02. The first-order valence-corrected chi connectivity index (χ1v) is 11.0. The summed E-state index contributed by atoms with van der Waals surface area (Å²) in [5.41, 5.74) is 4.48. The number of piperazine rings is 1. The van der Waals surface area contributed by atoms with Gasteiger partial charge in [0.25, 0.3) is 5.91 Å². The SMILES string of the molecule is CCn1c(C)c(C(=O)Nc2ccc(N3CCN(C(C)=O)CC3)cc2)c2cc(OC)ccc21. The van der Waals surface area contributed by atoms with Gasteiger partial charge in [-0.25, -0.2) is 0 Å². The molecule has 2 aromatic carbocycles. The van der Waals surface area contributed by atoms with E-state index in [0.717, 1.165) is 66.4 Å². The second-order valence-corrected chi connectivity index (χ2v) is 8.08. The molecule has 2 amide bonds. The van der Waals surface area contributed by atoms with Crippen LogP contribution in [0.2, 0.25) is 0 Å². The molecule has 0 radical (unpaired) electrons. The lowest BCUT2D eigenvalue weighted by molar-refractivity contribution is -0.129. The van der Waals surface area contributed by atoms with E-state index in [4.69, 9.17) is 4.74 Å². The standard InChI is InChI=1S/C25H30N4O3/c1-5-29-17(2)24(22-16-21(32-4)10-11-23(22)29)25(31)26-19-6-8-20(9-7-19)28-14-12-27(13-15-28)18(3)30/h6-11,16H,5,12-15H2,1-4H3,(H,26,31). The first-order chi connectivity index (χ1) is 15.4. The van der Waals surface area contributed by atoms with Gasteiger partial charge in [0.05, 0.1) is 12.7 Å². The van der Waals surface area contributed by atoms with Crippen LogP contribution in [0.15, 0.2) is 42.5 Å². The van der Waals surface area contributed by atoms with E-state index in [2.05, 4.69) is 21.7 Å². The predicted octanol–water partition coefficient (Wildman–Crippen LogP) is 3.90. The number of benzene rings is 2. The van der Waals surface area contributed by atoms with Crippen LogP contribution in [-0.2, 0) is 11.3 Å². The number of aryl methyl sites for hydroxylation is 1. The second-order valence-electron chi connectivity index (χ2n) is 8.08. The summed E-state index contributed by atoms with van der Waals surface area (Å²) in [4.78, 5) is 28.9. The number of hydrogen-bond donors (Lipinski definition) is 1. The molecule has 7 nitrogen and oxygen atoms in total. The lowest BCUT2D eigenvalue weighted by atomic mass is 10.1. The first-order valence-electron chi connectivity index (χ1n) is 11.0. The van der Waals surface area contributed by atoms with Crippen LogP contribution < -0.4 is 15.0 Å². The van der Waals surface area contributed by atoms with E-state index < -0.39 is 0 Å². The summed E-state index contributed by atoms with van der Waals surface area (Å²) in [6.07, 6.45) is 0. The molecule has 7 heteroatoms. The molecule has 0 spiro atoms. The zero-order chi connectivity index (χ0) is 22.8. The molecular formula is C25H30N4O3. The monoisotopic (exact) mass is 434 g/mol. The summed E-state index contributed by atoms with van der Waals surface area (Å²) in [6, 6.07) is 13.7. The van der Waals surface area contributed by atoms with E-state index in [-0.39, 0.29) is 11.8 Å². The molecule has 2 heterocycles. The molecule has 1 aliphatic heterocycles. The molecule has 4 rings (SSSR count). The highest BCUT2D eigenvalue weighted by molar-refractivity contribution is 6.14. The van der Waals surface area contributed by atoms with Gasteiger partial charge >= 0.3 is 0 Å². The van der Waals surface area contributed by atoms with Crippen molar-refractivity contribution in [2.24, 2.45) is 0 Å². The van der Waals surface area contributed by atoms with Crippen molar-refractivity contribution in [3.8, 4) is 5.75 Å². The molecule has 0 aliphatic carbocycles. The van der Waals surface area contributed by atoms with Gasteiger partial charge in [-0.3, -0.25) is 9.59 Å². The number of methoxy groups -OCH3 is 1. The molecule has 1 N–H and O–H groups in total. The molecule has 0 unspecified atom stereocenters. The summed E-state index contributed by atoms with van der Waals surface area (Å²) >= 11 is 0. The van der Waals surface area contributed by atoms with Crippen LogP contribution in [0.3, 0.4) is 0 Å². The van der Waals surface area contributed by atoms with Gasteiger partial charge in [0, 0.05) is 67.6 Å². The van der Waals surface area contributed by atoms with Gasteiger partial charge in [-0.15, -0.1) is 0 Å². The van der Waals surface area contributed by atoms with E-state index in [1.165, 1.54) is 0 Å². The minimum absolute atomic E-state index is 0.125.